The number of rotatable bonds is 5. The molecule has 7 heteroatoms. The molecule has 31 heavy (non-hydrogen) atoms. The summed E-state index contributed by atoms with van der Waals surface area (Å²) in [6.45, 7) is 3.33. The van der Waals surface area contributed by atoms with Crippen LogP contribution >= 0.6 is 0 Å². The number of anilines is 1. The zero-order valence-electron chi connectivity index (χ0n) is 17.8. The molecule has 2 aliphatic heterocycles. The summed E-state index contributed by atoms with van der Waals surface area (Å²) in [5, 5.41) is 5.82. The highest BCUT2D eigenvalue weighted by Crippen LogP contribution is 2.31. The Morgan fingerprint density at radius 1 is 1.26 bits per heavy atom. The van der Waals surface area contributed by atoms with Crippen LogP contribution in [0, 0.1) is 0 Å². The van der Waals surface area contributed by atoms with Gasteiger partial charge in [-0.05, 0) is 41.3 Å². The summed E-state index contributed by atoms with van der Waals surface area (Å²) in [5.74, 6) is 2.04. The van der Waals surface area contributed by atoms with Crippen molar-refractivity contribution in [2.24, 2.45) is 0 Å². The van der Waals surface area contributed by atoms with Gasteiger partial charge in [-0.2, -0.15) is 0 Å². The molecule has 1 aromatic carbocycles. The van der Waals surface area contributed by atoms with Crippen molar-refractivity contribution in [1.82, 2.24) is 15.2 Å². The van der Waals surface area contributed by atoms with Gasteiger partial charge < -0.3 is 20.3 Å². The molecule has 2 amide bonds. The first kappa shape index (κ1) is 20.8. The number of hydrogen-bond acceptors (Lipinski definition) is 5. The molecule has 160 valence electrons. The predicted octanol–water partition coefficient (Wildman–Crippen LogP) is 2.89. The van der Waals surface area contributed by atoms with Gasteiger partial charge in [0.25, 0.3) is 0 Å². The number of amides is 2. The molecular weight excluding hydrogens is 392 g/mol. The number of ether oxygens (including phenoxy) is 1. The fourth-order valence-corrected chi connectivity index (χ4v) is 3.69. The van der Waals surface area contributed by atoms with E-state index in [2.05, 4.69) is 28.6 Å². The lowest BCUT2D eigenvalue weighted by Gasteiger charge is -2.26. The molecule has 0 atom stereocenters. The van der Waals surface area contributed by atoms with Gasteiger partial charge in [-0.15, -0.1) is 0 Å². The van der Waals surface area contributed by atoms with Gasteiger partial charge in [-0.1, -0.05) is 25.1 Å². The van der Waals surface area contributed by atoms with E-state index in [9.17, 15) is 9.59 Å². The summed E-state index contributed by atoms with van der Waals surface area (Å²) in [6, 6.07) is 9.94. The summed E-state index contributed by atoms with van der Waals surface area (Å²) in [5.41, 5.74) is 4.08. The minimum absolute atomic E-state index is 0.111. The lowest BCUT2D eigenvalue weighted by Crippen LogP contribution is -2.30. The van der Waals surface area contributed by atoms with Crippen LogP contribution in [-0.2, 0) is 22.6 Å². The highest BCUT2D eigenvalue weighted by molar-refractivity contribution is 5.93. The van der Waals surface area contributed by atoms with Crippen LogP contribution < -0.4 is 15.4 Å². The van der Waals surface area contributed by atoms with Crippen LogP contribution in [0.15, 0.2) is 53.9 Å². The van der Waals surface area contributed by atoms with Crippen molar-refractivity contribution in [3.8, 4) is 5.75 Å². The number of pyridine rings is 1. The summed E-state index contributed by atoms with van der Waals surface area (Å²) in [4.78, 5) is 30.3. The standard InChI is InChI=1S/C24H26N4O3/c1-3-17-11-18-6-4-5-7-20(18)31-21(17)15-28(2)23(30)9-8-16-10-19-13-25-14-22(29)27-24(19)26-12-16/h4-10,12,25H,3,11,13-15H2,1-2H3,(H,26,27,29)/b9-8+. The molecule has 0 spiro atoms. The van der Waals surface area contributed by atoms with Crippen LogP contribution in [-0.4, -0.2) is 41.8 Å². The maximum Gasteiger partial charge on any atom is 0.246 e. The summed E-state index contributed by atoms with van der Waals surface area (Å²) in [6.07, 6.45) is 6.66. The number of likely N-dealkylation sites (N-methyl/N-ethyl adjacent to an activating group) is 1. The monoisotopic (exact) mass is 418 g/mol. The van der Waals surface area contributed by atoms with Gasteiger partial charge in [-0.3, -0.25) is 9.59 Å². The fourth-order valence-electron chi connectivity index (χ4n) is 3.69. The van der Waals surface area contributed by atoms with Gasteiger partial charge >= 0.3 is 0 Å². The molecule has 0 bridgehead atoms. The van der Waals surface area contributed by atoms with E-state index in [1.165, 1.54) is 17.2 Å². The van der Waals surface area contributed by atoms with Crippen LogP contribution in [0.2, 0.25) is 0 Å². The predicted molar refractivity (Wildman–Crippen MR) is 119 cm³/mol. The molecule has 4 rings (SSSR count). The smallest absolute Gasteiger partial charge is 0.246 e. The molecule has 0 fully saturated rings. The largest absolute Gasteiger partial charge is 0.460 e. The minimum Gasteiger partial charge on any atom is -0.460 e. The van der Waals surface area contributed by atoms with Crippen molar-refractivity contribution in [2.75, 3.05) is 25.5 Å². The van der Waals surface area contributed by atoms with E-state index in [4.69, 9.17) is 4.74 Å². The molecule has 0 radical (unpaired) electrons. The van der Waals surface area contributed by atoms with E-state index >= 15 is 0 Å². The second kappa shape index (κ2) is 9.14. The van der Waals surface area contributed by atoms with Gasteiger partial charge in [0.2, 0.25) is 11.8 Å². The van der Waals surface area contributed by atoms with Crippen LogP contribution in [0.5, 0.6) is 5.75 Å². The van der Waals surface area contributed by atoms with Crippen molar-refractivity contribution >= 4 is 23.7 Å². The molecule has 2 aliphatic rings. The average Bonchev–Trinajstić information content (AvgIpc) is 2.96. The molecule has 0 saturated carbocycles. The minimum atomic E-state index is -0.119. The molecule has 2 N–H and O–H groups in total. The van der Waals surface area contributed by atoms with Gasteiger partial charge in [-0.25, -0.2) is 4.98 Å². The van der Waals surface area contributed by atoms with Crippen LogP contribution in [0.3, 0.4) is 0 Å². The zero-order chi connectivity index (χ0) is 21.8. The topological polar surface area (TPSA) is 83.6 Å². The number of allylic oxidation sites excluding steroid dienone is 1. The van der Waals surface area contributed by atoms with Gasteiger partial charge in [0.1, 0.15) is 17.3 Å². The third-order valence-electron chi connectivity index (χ3n) is 5.45. The highest BCUT2D eigenvalue weighted by Gasteiger charge is 2.20. The molecule has 7 nitrogen and oxygen atoms in total. The van der Waals surface area contributed by atoms with E-state index in [0.29, 0.717) is 18.9 Å². The molecular formula is C24H26N4O3. The van der Waals surface area contributed by atoms with E-state index < -0.39 is 0 Å². The third kappa shape index (κ3) is 4.83. The Morgan fingerprint density at radius 2 is 2.10 bits per heavy atom. The first-order valence-corrected chi connectivity index (χ1v) is 10.4. The van der Waals surface area contributed by atoms with Crippen molar-refractivity contribution < 1.29 is 14.3 Å². The van der Waals surface area contributed by atoms with E-state index in [1.807, 2.05) is 24.3 Å². The molecule has 1 aromatic heterocycles. The molecule has 0 unspecified atom stereocenters. The SMILES string of the molecule is CCC1=C(CN(C)C(=O)/C=C/c2cnc3c(c2)CNCC(=O)N3)Oc2ccccc2C1. The Labute approximate surface area is 181 Å². The number of para-hydroxylation sites is 1. The Hall–Kier alpha value is -3.45. The van der Waals surface area contributed by atoms with Gasteiger partial charge in [0, 0.05) is 37.8 Å². The summed E-state index contributed by atoms with van der Waals surface area (Å²) >= 11 is 0. The fraction of sp³-hybridized carbons (Fsp3) is 0.292. The number of hydrogen-bond donors (Lipinski definition) is 2. The average molecular weight is 418 g/mol. The molecule has 0 saturated heterocycles. The molecule has 3 heterocycles. The Kier molecular flexibility index (Phi) is 6.13. The Bertz CT molecular complexity index is 1070. The van der Waals surface area contributed by atoms with Gasteiger partial charge in [0.15, 0.2) is 0 Å². The first-order valence-electron chi connectivity index (χ1n) is 10.4. The maximum absolute atomic E-state index is 12.7. The summed E-state index contributed by atoms with van der Waals surface area (Å²) in [7, 11) is 1.77. The lowest BCUT2D eigenvalue weighted by molar-refractivity contribution is -0.124. The maximum atomic E-state index is 12.7. The molecule has 2 aromatic rings. The Morgan fingerprint density at radius 3 is 2.94 bits per heavy atom. The van der Waals surface area contributed by atoms with Crippen LogP contribution in [0.4, 0.5) is 5.82 Å². The first-order chi connectivity index (χ1) is 15.0. The number of carbonyl (C=O) groups excluding carboxylic acids is 2. The lowest BCUT2D eigenvalue weighted by atomic mass is 9.98. The van der Waals surface area contributed by atoms with E-state index in [0.717, 1.165) is 35.5 Å². The number of carbonyl (C=O) groups is 2. The quantitative estimate of drug-likeness (QED) is 0.730. The van der Waals surface area contributed by atoms with Gasteiger partial charge in [0.05, 0.1) is 13.1 Å². The van der Waals surface area contributed by atoms with Crippen molar-refractivity contribution in [3.63, 3.8) is 0 Å². The number of fused-ring (bicyclic) bond motifs is 2. The number of nitrogens with zero attached hydrogens (tertiary/aromatic N) is 2. The van der Waals surface area contributed by atoms with Crippen molar-refractivity contribution in [1.29, 1.82) is 0 Å². The highest BCUT2D eigenvalue weighted by atomic mass is 16.5. The normalized spacial score (nSPS) is 15.6. The van der Waals surface area contributed by atoms with E-state index in [-0.39, 0.29) is 18.4 Å². The van der Waals surface area contributed by atoms with Crippen LogP contribution in [0.25, 0.3) is 6.08 Å². The Balaban J connectivity index is 1.43. The zero-order valence-corrected chi connectivity index (χ0v) is 17.8. The number of aromatic nitrogens is 1. The number of benzene rings is 1. The number of nitrogens with one attached hydrogen (secondary N) is 2. The van der Waals surface area contributed by atoms with Crippen LogP contribution in [0.1, 0.15) is 30.0 Å². The van der Waals surface area contributed by atoms with Crippen molar-refractivity contribution in [2.45, 2.75) is 26.3 Å². The van der Waals surface area contributed by atoms with Crippen molar-refractivity contribution in [3.05, 3.63) is 70.6 Å². The second-order valence-electron chi connectivity index (χ2n) is 7.72. The second-order valence-corrected chi connectivity index (χ2v) is 7.72. The molecule has 0 aliphatic carbocycles. The van der Waals surface area contributed by atoms with E-state index in [1.54, 1.807) is 24.2 Å². The summed E-state index contributed by atoms with van der Waals surface area (Å²) < 4.78 is 6.11. The third-order valence-corrected chi connectivity index (χ3v) is 5.45.